The minimum atomic E-state index is -3.40. The van der Waals surface area contributed by atoms with E-state index in [2.05, 4.69) is 0 Å². The number of hydrogen-bond acceptors (Lipinski definition) is 3. The van der Waals surface area contributed by atoms with Crippen LogP contribution < -0.4 is 0 Å². The van der Waals surface area contributed by atoms with E-state index in [1.165, 1.54) is 13.8 Å². The molecule has 18 heavy (non-hydrogen) atoms. The molecular weight excluding hydrogens is 248 g/mol. The third-order valence-corrected chi connectivity index (χ3v) is 5.66. The molecule has 0 N–H and O–H groups in total. The number of rotatable bonds is 4. The van der Waals surface area contributed by atoms with Crippen LogP contribution in [0.1, 0.15) is 30.5 Å². The first-order chi connectivity index (χ1) is 8.07. The minimum absolute atomic E-state index is 0.165. The summed E-state index contributed by atoms with van der Waals surface area (Å²) < 4.78 is 21.9. The molecular formula is C14H20O3S. The number of hydrogen-bond donors (Lipinski definition) is 0. The molecule has 0 bridgehead atoms. The van der Waals surface area contributed by atoms with E-state index in [1.807, 2.05) is 32.0 Å². The third-order valence-electron chi connectivity index (χ3n) is 3.58. The lowest BCUT2D eigenvalue weighted by Crippen LogP contribution is -2.41. The van der Waals surface area contributed by atoms with Crippen LogP contribution in [-0.2, 0) is 21.1 Å². The molecule has 0 spiro atoms. The van der Waals surface area contributed by atoms with Gasteiger partial charge < -0.3 is 0 Å². The molecule has 4 heteroatoms. The van der Waals surface area contributed by atoms with Gasteiger partial charge in [0.1, 0.15) is 4.75 Å². The fraction of sp³-hybridized carbons (Fsp3) is 0.500. The van der Waals surface area contributed by atoms with Gasteiger partial charge in [0.05, 0.1) is 0 Å². The Hall–Kier alpha value is -1.16. The number of benzene rings is 1. The van der Waals surface area contributed by atoms with Crippen molar-refractivity contribution in [2.45, 2.75) is 38.9 Å². The molecule has 0 radical (unpaired) electrons. The van der Waals surface area contributed by atoms with Crippen LogP contribution in [0.4, 0.5) is 0 Å². The summed E-state index contributed by atoms with van der Waals surface area (Å²) in [7, 11) is -3.40. The Bertz CT molecular complexity index is 548. The van der Waals surface area contributed by atoms with Crippen LogP contribution >= 0.6 is 0 Å². The number of Topliss-reactive ketones (excluding diaryl/α,β-unsaturated/α-hetero) is 1. The molecule has 0 fully saturated rings. The predicted octanol–water partition coefficient (Wildman–Crippen LogP) is 2.24. The highest BCUT2D eigenvalue weighted by Crippen LogP contribution is 2.22. The van der Waals surface area contributed by atoms with E-state index >= 15 is 0 Å². The van der Waals surface area contributed by atoms with Crippen molar-refractivity contribution in [3.63, 3.8) is 0 Å². The van der Waals surface area contributed by atoms with Crippen LogP contribution in [-0.4, -0.2) is 25.2 Å². The summed E-state index contributed by atoms with van der Waals surface area (Å²) in [4.78, 5) is 12.2. The number of carbonyl (C=O) groups excluding carboxylic acids is 1. The molecule has 0 aliphatic rings. The molecule has 0 saturated heterocycles. The van der Waals surface area contributed by atoms with Crippen molar-refractivity contribution >= 4 is 15.6 Å². The molecule has 1 rings (SSSR count). The summed E-state index contributed by atoms with van der Waals surface area (Å²) in [6, 6.07) is 5.80. The van der Waals surface area contributed by atoms with E-state index in [4.69, 9.17) is 0 Å². The second-order valence-corrected chi connectivity index (χ2v) is 7.82. The number of carbonyl (C=O) groups is 1. The standard InChI is InChI=1S/C14H20O3S/c1-10-7-6-8-11(2)12(10)9-13(15)14(3,4)18(5,16)17/h6-8H,9H2,1-5H3. The normalized spacial score (nSPS) is 12.5. The molecule has 0 atom stereocenters. The first kappa shape index (κ1) is 14.9. The Morgan fingerprint density at radius 3 is 2.00 bits per heavy atom. The number of aryl methyl sites for hydroxylation is 2. The average Bonchev–Trinajstić information content (AvgIpc) is 2.21. The van der Waals surface area contributed by atoms with E-state index in [0.717, 1.165) is 22.9 Å². The Morgan fingerprint density at radius 2 is 1.61 bits per heavy atom. The first-order valence-electron chi connectivity index (χ1n) is 5.85. The van der Waals surface area contributed by atoms with Crippen molar-refractivity contribution in [3.8, 4) is 0 Å². The molecule has 1 aromatic rings. The topological polar surface area (TPSA) is 51.2 Å². The van der Waals surface area contributed by atoms with E-state index in [1.54, 1.807) is 0 Å². The SMILES string of the molecule is Cc1cccc(C)c1CC(=O)C(C)(C)S(C)(=O)=O. The second-order valence-electron chi connectivity index (χ2n) is 5.25. The quantitative estimate of drug-likeness (QED) is 0.841. The summed E-state index contributed by atoms with van der Waals surface area (Å²) in [5.74, 6) is -0.262. The largest absolute Gasteiger partial charge is 0.298 e. The van der Waals surface area contributed by atoms with Crippen molar-refractivity contribution < 1.29 is 13.2 Å². The Labute approximate surface area is 109 Å². The summed E-state index contributed by atoms with van der Waals surface area (Å²) in [6.07, 6.45) is 1.27. The van der Waals surface area contributed by atoms with Crippen LogP contribution in [0.3, 0.4) is 0 Å². The Kier molecular flexibility index (Phi) is 4.01. The molecule has 0 saturated carbocycles. The van der Waals surface area contributed by atoms with Gasteiger partial charge in [0.25, 0.3) is 0 Å². The van der Waals surface area contributed by atoms with Crippen LogP contribution in [0.2, 0.25) is 0 Å². The Balaban J connectivity index is 3.10. The summed E-state index contributed by atoms with van der Waals surface area (Å²) in [5, 5.41) is 0. The maximum absolute atomic E-state index is 12.2. The van der Waals surface area contributed by atoms with Gasteiger partial charge in [-0.25, -0.2) is 8.42 Å². The highest BCUT2D eigenvalue weighted by molar-refractivity contribution is 7.92. The number of ketones is 1. The van der Waals surface area contributed by atoms with Gasteiger partial charge >= 0.3 is 0 Å². The van der Waals surface area contributed by atoms with Crippen LogP contribution in [0.15, 0.2) is 18.2 Å². The van der Waals surface area contributed by atoms with Crippen molar-refractivity contribution in [1.29, 1.82) is 0 Å². The zero-order valence-electron chi connectivity index (χ0n) is 11.6. The summed E-state index contributed by atoms with van der Waals surface area (Å²) >= 11 is 0. The monoisotopic (exact) mass is 268 g/mol. The average molecular weight is 268 g/mol. The van der Waals surface area contributed by atoms with E-state index < -0.39 is 14.6 Å². The molecule has 0 unspecified atom stereocenters. The zero-order valence-corrected chi connectivity index (χ0v) is 12.4. The van der Waals surface area contributed by atoms with Gasteiger partial charge in [0, 0.05) is 12.7 Å². The molecule has 0 aliphatic carbocycles. The van der Waals surface area contributed by atoms with Gasteiger partial charge in [0.15, 0.2) is 15.6 Å². The Morgan fingerprint density at radius 1 is 1.17 bits per heavy atom. The highest BCUT2D eigenvalue weighted by atomic mass is 32.2. The fourth-order valence-electron chi connectivity index (χ4n) is 1.71. The van der Waals surface area contributed by atoms with Gasteiger partial charge in [-0.1, -0.05) is 18.2 Å². The van der Waals surface area contributed by atoms with E-state index in [9.17, 15) is 13.2 Å². The molecule has 0 heterocycles. The van der Waals surface area contributed by atoms with Gasteiger partial charge in [0.2, 0.25) is 0 Å². The highest BCUT2D eigenvalue weighted by Gasteiger charge is 2.38. The van der Waals surface area contributed by atoms with Crippen molar-refractivity contribution in [2.24, 2.45) is 0 Å². The van der Waals surface area contributed by atoms with Crippen LogP contribution in [0.25, 0.3) is 0 Å². The van der Waals surface area contributed by atoms with E-state index in [0.29, 0.717) is 0 Å². The van der Waals surface area contributed by atoms with Crippen molar-refractivity contribution in [2.75, 3.05) is 6.26 Å². The maximum Gasteiger partial charge on any atom is 0.159 e. The molecule has 0 aromatic heterocycles. The molecule has 1 aromatic carbocycles. The zero-order chi connectivity index (χ0) is 14.1. The minimum Gasteiger partial charge on any atom is -0.298 e. The summed E-state index contributed by atoms with van der Waals surface area (Å²) in [6.45, 7) is 6.81. The van der Waals surface area contributed by atoms with Gasteiger partial charge in [-0.2, -0.15) is 0 Å². The third kappa shape index (κ3) is 2.80. The van der Waals surface area contributed by atoms with Gasteiger partial charge in [-0.3, -0.25) is 4.79 Å². The van der Waals surface area contributed by atoms with Gasteiger partial charge in [-0.05, 0) is 44.4 Å². The van der Waals surface area contributed by atoms with Crippen LogP contribution in [0, 0.1) is 13.8 Å². The van der Waals surface area contributed by atoms with Gasteiger partial charge in [-0.15, -0.1) is 0 Å². The lowest BCUT2D eigenvalue weighted by atomic mass is 9.94. The lowest BCUT2D eigenvalue weighted by Gasteiger charge is -2.21. The smallest absolute Gasteiger partial charge is 0.159 e. The fourth-order valence-corrected chi connectivity index (χ4v) is 2.19. The molecule has 3 nitrogen and oxygen atoms in total. The van der Waals surface area contributed by atoms with Crippen molar-refractivity contribution in [1.82, 2.24) is 0 Å². The predicted molar refractivity (Wildman–Crippen MR) is 73.5 cm³/mol. The molecule has 0 amide bonds. The second kappa shape index (κ2) is 4.84. The summed E-state index contributed by atoms with van der Waals surface area (Å²) in [5.41, 5.74) is 2.97. The maximum atomic E-state index is 12.2. The van der Waals surface area contributed by atoms with Crippen LogP contribution in [0.5, 0.6) is 0 Å². The first-order valence-corrected chi connectivity index (χ1v) is 7.74. The lowest BCUT2D eigenvalue weighted by molar-refractivity contribution is -0.120. The number of sulfone groups is 1. The molecule has 100 valence electrons. The molecule has 0 aliphatic heterocycles. The van der Waals surface area contributed by atoms with E-state index in [-0.39, 0.29) is 12.2 Å². The van der Waals surface area contributed by atoms with Crippen molar-refractivity contribution in [3.05, 3.63) is 34.9 Å².